The molecule has 0 bridgehead atoms. The van der Waals surface area contributed by atoms with Crippen LogP contribution in [0.15, 0.2) is 0 Å². The molecule has 1 N–H and O–H groups in total. The first-order valence-corrected chi connectivity index (χ1v) is 9.28. The number of morpholine rings is 1. The Labute approximate surface area is 148 Å². The molecule has 0 aliphatic carbocycles. The molecule has 0 aromatic rings. The van der Waals surface area contributed by atoms with Gasteiger partial charge in [-0.1, -0.05) is 0 Å². The van der Waals surface area contributed by atoms with Crippen LogP contribution in [0, 0.1) is 0 Å². The zero-order valence-electron chi connectivity index (χ0n) is 14.7. The van der Waals surface area contributed by atoms with E-state index in [1.807, 2.05) is 9.80 Å². The maximum atomic E-state index is 12.5. The maximum Gasteiger partial charge on any atom is 0.236 e. The normalized spacial score (nSPS) is 25.2. The lowest BCUT2D eigenvalue weighted by Gasteiger charge is -2.41. The molecule has 3 heterocycles. The number of likely N-dealkylation sites (tertiary alicyclic amines) is 1. The Bertz CT molecular complexity index is 507. The summed E-state index contributed by atoms with van der Waals surface area (Å²) < 4.78 is 5.24. The molecule has 3 amide bonds. The van der Waals surface area contributed by atoms with Gasteiger partial charge in [0.2, 0.25) is 17.7 Å². The predicted molar refractivity (Wildman–Crippen MR) is 90.8 cm³/mol. The Balaban J connectivity index is 1.46. The largest absolute Gasteiger partial charge is 0.378 e. The van der Waals surface area contributed by atoms with E-state index in [4.69, 9.17) is 4.74 Å². The zero-order chi connectivity index (χ0) is 17.6. The number of hydrogen-bond acceptors (Lipinski definition) is 5. The van der Waals surface area contributed by atoms with Crippen molar-refractivity contribution in [3.05, 3.63) is 0 Å². The number of amides is 3. The Morgan fingerprint density at radius 2 is 1.76 bits per heavy atom. The van der Waals surface area contributed by atoms with E-state index in [2.05, 4.69) is 5.32 Å². The van der Waals surface area contributed by atoms with Crippen molar-refractivity contribution in [3.8, 4) is 0 Å². The minimum atomic E-state index is 0.0221. The molecule has 0 aromatic heterocycles. The number of carbonyl (C=O) groups excluding carboxylic acids is 3. The van der Waals surface area contributed by atoms with E-state index in [-0.39, 0.29) is 36.6 Å². The molecule has 3 aliphatic rings. The van der Waals surface area contributed by atoms with Crippen molar-refractivity contribution < 1.29 is 19.1 Å². The van der Waals surface area contributed by atoms with Gasteiger partial charge in [-0.2, -0.15) is 0 Å². The third-order valence-electron chi connectivity index (χ3n) is 5.23. The van der Waals surface area contributed by atoms with Gasteiger partial charge in [-0.25, -0.2) is 0 Å². The van der Waals surface area contributed by atoms with Crippen molar-refractivity contribution in [3.63, 3.8) is 0 Å². The standard InChI is InChI=1S/C17H28N4O4/c22-15(19-8-10-25-11-9-19)3-4-16(23)20-6-1-2-14(13-20)21-7-5-18-12-17(21)24/h14,18H,1-13H2. The van der Waals surface area contributed by atoms with E-state index in [0.717, 1.165) is 25.9 Å². The van der Waals surface area contributed by atoms with Gasteiger partial charge >= 0.3 is 0 Å². The van der Waals surface area contributed by atoms with Crippen LogP contribution in [0.4, 0.5) is 0 Å². The fourth-order valence-corrected chi connectivity index (χ4v) is 3.79. The van der Waals surface area contributed by atoms with Crippen molar-refractivity contribution in [1.29, 1.82) is 0 Å². The Kier molecular flexibility index (Phi) is 6.25. The van der Waals surface area contributed by atoms with Gasteiger partial charge in [0.25, 0.3) is 0 Å². The minimum absolute atomic E-state index is 0.0221. The molecule has 1 atom stereocenters. The van der Waals surface area contributed by atoms with Gasteiger partial charge < -0.3 is 24.8 Å². The van der Waals surface area contributed by atoms with Gasteiger partial charge in [-0.3, -0.25) is 14.4 Å². The van der Waals surface area contributed by atoms with Crippen molar-refractivity contribution in [2.24, 2.45) is 0 Å². The van der Waals surface area contributed by atoms with Crippen molar-refractivity contribution in [2.45, 2.75) is 31.7 Å². The topological polar surface area (TPSA) is 82.2 Å². The number of nitrogens with zero attached hydrogens (tertiary/aromatic N) is 3. The minimum Gasteiger partial charge on any atom is -0.378 e. The summed E-state index contributed by atoms with van der Waals surface area (Å²) >= 11 is 0. The first kappa shape index (κ1) is 18.1. The van der Waals surface area contributed by atoms with Gasteiger partial charge in [0.1, 0.15) is 0 Å². The van der Waals surface area contributed by atoms with Crippen LogP contribution >= 0.6 is 0 Å². The van der Waals surface area contributed by atoms with E-state index in [1.165, 1.54) is 0 Å². The van der Waals surface area contributed by atoms with Crippen LogP contribution in [0.2, 0.25) is 0 Å². The molecule has 0 spiro atoms. The summed E-state index contributed by atoms with van der Waals surface area (Å²) in [5, 5.41) is 3.08. The lowest BCUT2D eigenvalue weighted by molar-refractivity contribution is -0.142. The van der Waals surface area contributed by atoms with E-state index < -0.39 is 0 Å². The molecule has 8 heteroatoms. The average Bonchev–Trinajstić information content (AvgIpc) is 2.67. The molecule has 140 valence electrons. The Morgan fingerprint density at radius 3 is 2.48 bits per heavy atom. The zero-order valence-corrected chi connectivity index (χ0v) is 14.7. The smallest absolute Gasteiger partial charge is 0.236 e. The van der Waals surface area contributed by atoms with Crippen LogP contribution in [-0.2, 0) is 19.1 Å². The lowest BCUT2D eigenvalue weighted by atomic mass is 10.0. The van der Waals surface area contributed by atoms with E-state index in [9.17, 15) is 14.4 Å². The second-order valence-electron chi connectivity index (χ2n) is 6.89. The van der Waals surface area contributed by atoms with Crippen LogP contribution in [0.3, 0.4) is 0 Å². The second-order valence-corrected chi connectivity index (χ2v) is 6.89. The first-order chi connectivity index (χ1) is 12.1. The van der Waals surface area contributed by atoms with Crippen LogP contribution in [0.25, 0.3) is 0 Å². The SMILES string of the molecule is O=C(CCC(=O)N1CCCC(N2CCNCC2=O)C1)N1CCOCC1. The number of hydrogen-bond donors (Lipinski definition) is 1. The monoisotopic (exact) mass is 352 g/mol. The first-order valence-electron chi connectivity index (χ1n) is 9.28. The third kappa shape index (κ3) is 4.70. The highest BCUT2D eigenvalue weighted by molar-refractivity contribution is 5.84. The summed E-state index contributed by atoms with van der Waals surface area (Å²) in [4.78, 5) is 42.3. The molecular weight excluding hydrogens is 324 g/mol. The van der Waals surface area contributed by atoms with Crippen LogP contribution in [-0.4, -0.2) is 97.5 Å². The van der Waals surface area contributed by atoms with Crippen LogP contribution < -0.4 is 5.32 Å². The summed E-state index contributed by atoms with van der Waals surface area (Å²) in [5.74, 6) is 0.171. The summed E-state index contributed by atoms with van der Waals surface area (Å²) in [7, 11) is 0. The molecule has 0 saturated carbocycles. The summed E-state index contributed by atoms with van der Waals surface area (Å²) in [6.45, 7) is 5.60. The van der Waals surface area contributed by atoms with Crippen molar-refractivity contribution >= 4 is 17.7 Å². The highest BCUT2D eigenvalue weighted by Crippen LogP contribution is 2.18. The fourth-order valence-electron chi connectivity index (χ4n) is 3.79. The number of rotatable bonds is 4. The molecule has 3 aliphatic heterocycles. The lowest BCUT2D eigenvalue weighted by Crippen LogP contribution is -2.57. The number of nitrogens with one attached hydrogen (secondary N) is 1. The molecule has 1 unspecified atom stereocenters. The van der Waals surface area contributed by atoms with Crippen LogP contribution in [0.5, 0.6) is 0 Å². The highest BCUT2D eigenvalue weighted by atomic mass is 16.5. The van der Waals surface area contributed by atoms with Crippen molar-refractivity contribution in [1.82, 2.24) is 20.0 Å². The summed E-state index contributed by atoms with van der Waals surface area (Å²) in [5.41, 5.74) is 0. The highest BCUT2D eigenvalue weighted by Gasteiger charge is 2.31. The maximum absolute atomic E-state index is 12.5. The molecular formula is C17H28N4O4. The van der Waals surface area contributed by atoms with E-state index >= 15 is 0 Å². The van der Waals surface area contributed by atoms with Gasteiger partial charge in [0.05, 0.1) is 19.8 Å². The van der Waals surface area contributed by atoms with Gasteiger partial charge in [0, 0.05) is 58.2 Å². The fraction of sp³-hybridized carbons (Fsp3) is 0.824. The van der Waals surface area contributed by atoms with E-state index in [0.29, 0.717) is 45.9 Å². The molecule has 3 saturated heterocycles. The molecule has 3 rings (SSSR count). The average molecular weight is 352 g/mol. The number of carbonyl (C=O) groups is 3. The Morgan fingerprint density at radius 1 is 1.04 bits per heavy atom. The van der Waals surface area contributed by atoms with Gasteiger partial charge in [-0.05, 0) is 12.8 Å². The number of piperidine rings is 1. The predicted octanol–water partition coefficient (Wildman–Crippen LogP) is -0.952. The summed E-state index contributed by atoms with van der Waals surface area (Å²) in [6.07, 6.45) is 2.36. The number of piperazine rings is 1. The van der Waals surface area contributed by atoms with Crippen LogP contribution in [0.1, 0.15) is 25.7 Å². The molecule has 3 fully saturated rings. The van der Waals surface area contributed by atoms with Crippen molar-refractivity contribution in [2.75, 3.05) is 59.0 Å². The molecule has 25 heavy (non-hydrogen) atoms. The Hall–Kier alpha value is -1.67. The second kappa shape index (κ2) is 8.62. The number of ether oxygens (including phenoxy) is 1. The summed E-state index contributed by atoms with van der Waals surface area (Å²) in [6, 6.07) is 0.113. The third-order valence-corrected chi connectivity index (χ3v) is 5.23. The molecule has 8 nitrogen and oxygen atoms in total. The molecule has 0 radical (unpaired) electrons. The van der Waals surface area contributed by atoms with Gasteiger partial charge in [0.15, 0.2) is 0 Å². The quantitative estimate of drug-likeness (QED) is 0.705. The van der Waals surface area contributed by atoms with E-state index in [1.54, 1.807) is 4.90 Å². The van der Waals surface area contributed by atoms with Gasteiger partial charge in [-0.15, -0.1) is 0 Å². The molecule has 0 aromatic carbocycles.